The number of aliphatic hydroxyl groups excluding tert-OH is 1. The van der Waals surface area contributed by atoms with E-state index in [0.29, 0.717) is 5.92 Å². The van der Waals surface area contributed by atoms with E-state index in [9.17, 15) is 18.1 Å². The Morgan fingerprint density at radius 2 is 1.39 bits per heavy atom. The van der Waals surface area contributed by atoms with Crippen LogP contribution in [0.5, 0.6) is 0 Å². The highest BCUT2D eigenvalue weighted by atomic mass is 32.2. The summed E-state index contributed by atoms with van der Waals surface area (Å²) in [6.07, 6.45) is 0.884. The summed E-state index contributed by atoms with van der Waals surface area (Å²) in [7, 11) is -4.23. The van der Waals surface area contributed by atoms with Crippen molar-refractivity contribution in [3.05, 3.63) is 42.2 Å². The molecule has 0 aliphatic carbocycles. The fourth-order valence-electron chi connectivity index (χ4n) is 4.89. The van der Waals surface area contributed by atoms with E-state index >= 15 is 0 Å². The first kappa shape index (κ1) is 27.7. The molecular formula is C26H44O4S. The molecule has 0 aliphatic rings. The molecule has 0 fully saturated rings. The zero-order valence-electron chi connectivity index (χ0n) is 21.2. The third kappa shape index (κ3) is 6.35. The van der Waals surface area contributed by atoms with Crippen LogP contribution in [0, 0.1) is 34.0 Å². The first-order valence-corrected chi connectivity index (χ1v) is 12.6. The predicted molar refractivity (Wildman–Crippen MR) is 130 cm³/mol. The van der Waals surface area contributed by atoms with Crippen LogP contribution in [-0.2, 0) is 10.1 Å². The third-order valence-electron chi connectivity index (χ3n) is 7.64. The Bertz CT molecular complexity index is 856. The Morgan fingerprint density at radius 3 is 1.71 bits per heavy atom. The summed E-state index contributed by atoms with van der Waals surface area (Å²) < 4.78 is 32.4. The quantitative estimate of drug-likeness (QED) is 0.301. The van der Waals surface area contributed by atoms with E-state index in [1.54, 1.807) is 0 Å². The summed E-state index contributed by atoms with van der Waals surface area (Å²) in [5.41, 5.74) is 0.495. The smallest absolute Gasteiger partial charge is 0.294 e. The summed E-state index contributed by atoms with van der Waals surface area (Å²) in [6.45, 7) is 26.0. The van der Waals surface area contributed by atoms with Crippen molar-refractivity contribution >= 4 is 10.1 Å². The molecule has 1 rings (SSSR count). The van der Waals surface area contributed by atoms with Gasteiger partial charge in [0.2, 0.25) is 0 Å². The summed E-state index contributed by atoms with van der Waals surface area (Å²) in [4.78, 5) is -0.0992. The summed E-state index contributed by atoms with van der Waals surface area (Å²) in [5.74, 6) is 0.847. The number of allylic oxidation sites excluding steroid dienone is 1. The van der Waals surface area contributed by atoms with E-state index in [1.807, 2.05) is 12.1 Å². The fraction of sp³-hybridized carbons (Fsp3) is 0.692. The summed E-state index contributed by atoms with van der Waals surface area (Å²) >= 11 is 0. The molecule has 0 aliphatic heterocycles. The van der Waals surface area contributed by atoms with E-state index in [4.69, 9.17) is 0 Å². The van der Waals surface area contributed by atoms with Crippen molar-refractivity contribution in [2.45, 2.75) is 86.5 Å². The van der Waals surface area contributed by atoms with Gasteiger partial charge in [0.05, 0.1) is 10.7 Å². The average Bonchev–Trinajstić information content (AvgIpc) is 2.57. The molecule has 0 amide bonds. The van der Waals surface area contributed by atoms with Gasteiger partial charge in [0.15, 0.2) is 0 Å². The lowest BCUT2D eigenvalue weighted by Crippen LogP contribution is -2.47. The summed E-state index contributed by atoms with van der Waals surface area (Å²) in [5, 5.41) is 10.7. The highest BCUT2D eigenvalue weighted by Crippen LogP contribution is 2.58. The van der Waals surface area contributed by atoms with Crippen LogP contribution >= 0.6 is 0 Å². The van der Waals surface area contributed by atoms with Crippen LogP contribution in [0.15, 0.2) is 41.5 Å². The zero-order valence-corrected chi connectivity index (χ0v) is 22.0. The highest BCUT2D eigenvalue weighted by Gasteiger charge is 2.51. The van der Waals surface area contributed by atoms with E-state index < -0.39 is 10.1 Å². The fourth-order valence-corrected chi connectivity index (χ4v) is 5.37. The molecule has 0 heterocycles. The van der Waals surface area contributed by atoms with Crippen molar-refractivity contribution in [3.8, 4) is 0 Å². The lowest BCUT2D eigenvalue weighted by molar-refractivity contribution is -0.0264. The van der Waals surface area contributed by atoms with Crippen molar-refractivity contribution in [3.63, 3.8) is 0 Å². The topological polar surface area (TPSA) is 74.6 Å². The van der Waals surface area contributed by atoms with Gasteiger partial charge in [-0.3, -0.25) is 4.55 Å². The molecule has 1 aromatic carbocycles. The molecule has 0 radical (unpaired) electrons. The van der Waals surface area contributed by atoms with Crippen LogP contribution in [0.4, 0.5) is 0 Å². The third-order valence-corrected chi connectivity index (χ3v) is 8.51. The van der Waals surface area contributed by atoms with E-state index in [1.165, 1.54) is 12.1 Å². The number of aliphatic hydroxyl groups is 1. The second-order valence-electron chi connectivity index (χ2n) is 11.9. The molecule has 5 heteroatoms. The maximum Gasteiger partial charge on any atom is 0.294 e. The van der Waals surface area contributed by atoms with Crippen molar-refractivity contribution in [1.82, 2.24) is 0 Å². The molecule has 178 valence electrons. The van der Waals surface area contributed by atoms with Crippen molar-refractivity contribution < 1.29 is 18.1 Å². The first-order chi connectivity index (χ1) is 13.7. The molecule has 31 heavy (non-hydrogen) atoms. The SMILES string of the molecule is C=C(O)C(C(C)C(C)C)C(C)(C)C(C)(C)C(CC(C)(C)C)c1ccc(S(=O)(=O)O)cc1. The Labute approximate surface area is 190 Å². The van der Waals surface area contributed by atoms with Gasteiger partial charge in [-0.05, 0) is 58.1 Å². The molecule has 3 unspecified atom stereocenters. The van der Waals surface area contributed by atoms with Gasteiger partial charge in [-0.15, -0.1) is 0 Å². The van der Waals surface area contributed by atoms with Crippen molar-refractivity contribution in [2.75, 3.05) is 0 Å². The van der Waals surface area contributed by atoms with Crippen LogP contribution < -0.4 is 0 Å². The highest BCUT2D eigenvalue weighted by molar-refractivity contribution is 7.85. The van der Waals surface area contributed by atoms with Crippen LogP contribution in [-0.4, -0.2) is 18.1 Å². The maximum absolute atomic E-state index is 11.5. The lowest BCUT2D eigenvalue weighted by Gasteiger charge is -2.54. The van der Waals surface area contributed by atoms with Gasteiger partial charge in [-0.1, -0.05) is 87.9 Å². The minimum absolute atomic E-state index is 0.0368. The normalized spacial score (nSPS) is 16.8. The number of hydrogen-bond acceptors (Lipinski definition) is 3. The van der Waals surface area contributed by atoms with Crippen LogP contribution in [0.1, 0.15) is 87.1 Å². The maximum atomic E-state index is 11.5. The van der Waals surface area contributed by atoms with Crippen molar-refractivity contribution in [1.29, 1.82) is 0 Å². The summed E-state index contributed by atoms with van der Waals surface area (Å²) in [6, 6.07) is 6.57. The lowest BCUT2D eigenvalue weighted by atomic mass is 9.50. The molecule has 1 aromatic rings. The molecular weight excluding hydrogens is 408 g/mol. The Balaban J connectivity index is 3.63. The molecule has 4 nitrogen and oxygen atoms in total. The molecule has 2 N–H and O–H groups in total. The molecule has 3 atom stereocenters. The van der Waals surface area contributed by atoms with E-state index in [-0.39, 0.29) is 44.7 Å². The number of rotatable bonds is 9. The molecule has 0 bridgehead atoms. The van der Waals surface area contributed by atoms with Gasteiger partial charge in [-0.2, -0.15) is 8.42 Å². The predicted octanol–water partition coefficient (Wildman–Crippen LogP) is 7.49. The van der Waals surface area contributed by atoms with Gasteiger partial charge in [0.25, 0.3) is 10.1 Å². The molecule has 0 saturated heterocycles. The average molecular weight is 453 g/mol. The Morgan fingerprint density at radius 1 is 0.935 bits per heavy atom. The van der Waals surface area contributed by atoms with E-state index in [2.05, 4.69) is 75.8 Å². The minimum Gasteiger partial charge on any atom is -0.513 e. The van der Waals surface area contributed by atoms with Crippen LogP contribution in [0.25, 0.3) is 0 Å². The van der Waals surface area contributed by atoms with Crippen LogP contribution in [0.3, 0.4) is 0 Å². The molecule has 0 saturated carbocycles. The zero-order chi connectivity index (χ0) is 24.6. The standard InChI is InChI=1S/C26H44O4S/c1-17(2)18(3)23(19(4)27)26(10,11)25(8,9)22(16-24(5,6)7)20-12-14-21(15-13-20)31(28,29)30/h12-15,17-18,22-23,27H,4,16H2,1-3,5-11H3,(H,28,29,30). The Kier molecular flexibility index (Phi) is 8.28. The van der Waals surface area contributed by atoms with Crippen molar-refractivity contribution in [2.24, 2.45) is 34.0 Å². The monoisotopic (exact) mass is 452 g/mol. The van der Waals surface area contributed by atoms with Gasteiger partial charge < -0.3 is 5.11 Å². The van der Waals surface area contributed by atoms with Gasteiger partial charge in [0, 0.05) is 5.92 Å². The van der Waals surface area contributed by atoms with Gasteiger partial charge in [0.1, 0.15) is 0 Å². The molecule has 0 spiro atoms. The number of benzene rings is 1. The largest absolute Gasteiger partial charge is 0.513 e. The second-order valence-corrected chi connectivity index (χ2v) is 13.3. The van der Waals surface area contributed by atoms with E-state index in [0.717, 1.165) is 12.0 Å². The first-order valence-electron chi connectivity index (χ1n) is 11.2. The minimum atomic E-state index is -4.23. The number of hydrogen-bond donors (Lipinski definition) is 2. The van der Waals surface area contributed by atoms with Gasteiger partial charge >= 0.3 is 0 Å². The second kappa shape index (κ2) is 9.27. The molecule has 0 aromatic heterocycles. The van der Waals surface area contributed by atoms with Gasteiger partial charge in [-0.25, -0.2) is 0 Å². The van der Waals surface area contributed by atoms with Crippen LogP contribution in [0.2, 0.25) is 0 Å². The Hall–Kier alpha value is -1.33.